The normalized spacial score (nSPS) is 21.1. The number of nitrogens with one attached hydrogen (secondary N) is 1. The summed E-state index contributed by atoms with van der Waals surface area (Å²) >= 11 is 6.14. The lowest BCUT2D eigenvalue weighted by Gasteiger charge is -2.40. The van der Waals surface area contributed by atoms with Crippen LogP contribution in [0.1, 0.15) is 60.8 Å². The number of sulfonamides is 1. The van der Waals surface area contributed by atoms with Gasteiger partial charge in [0.25, 0.3) is 6.43 Å². The number of ether oxygens (including phenoxy) is 1. The van der Waals surface area contributed by atoms with Crippen molar-refractivity contribution in [2.24, 2.45) is 11.7 Å². The Morgan fingerprint density at radius 2 is 1.68 bits per heavy atom. The monoisotopic (exact) mass is 691 g/mol. The summed E-state index contributed by atoms with van der Waals surface area (Å²) < 4.78 is 76.1. The van der Waals surface area contributed by atoms with Gasteiger partial charge in [0.05, 0.1) is 10.9 Å². The Morgan fingerprint density at radius 1 is 1.02 bits per heavy atom. The number of hydrogen-bond acceptors (Lipinski definition) is 6. The second-order valence-electron chi connectivity index (χ2n) is 12.5. The maximum atomic E-state index is 15.4. The van der Waals surface area contributed by atoms with Crippen LogP contribution in [0.15, 0.2) is 71.6 Å². The first-order valence-corrected chi connectivity index (χ1v) is 17.8. The number of piperazine rings is 1. The molecule has 47 heavy (non-hydrogen) atoms. The molecule has 0 amide bonds. The van der Waals surface area contributed by atoms with Gasteiger partial charge in [0.15, 0.2) is 5.78 Å². The summed E-state index contributed by atoms with van der Waals surface area (Å²) in [6.07, 6.45) is -0.791. The minimum absolute atomic E-state index is 0.0701. The Morgan fingerprint density at radius 3 is 2.34 bits per heavy atom. The first kappa shape index (κ1) is 35.5. The van der Waals surface area contributed by atoms with Gasteiger partial charge in [-0.25, -0.2) is 21.6 Å². The lowest BCUT2D eigenvalue weighted by Crippen LogP contribution is -2.58. The molecule has 2 heterocycles. The number of halogens is 4. The number of Topliss-reactive ketones (excluding diaryl/α,β-unsaturated/α-hetero) is 1. The Labute approximate surface area is 279 Å². The van der Waals surface area contributed by atoms with Gasteiger partial charge in [-0.15, -0.1) is 0 Å². The minimum Gasteiger partial charge on any atom is -0.381 e. The molecule has 12 heteroatoms. The van der Waals surface area contributed by atoms with Crippen molar-refractivity contribution in [3.05, 3.63) is 99.8 Å². The molecular formula is C35H41ClF3N3O4S. The van der Waals surface area contributed by atoms with E-state index in [9.17, 15) is 22.0 Å². The van der Waals surface area contributed by atoms with E-state index in [1.165, 1.54) is 22.5 Å². The molecule has 0 aliphatic carbocycles. The fourth-order valence-electron chi connectivity index (χ4n) is 6.97. The number of carbonyl (C=O) groups excluding carboxylic acids is 1. The molecular weight excluding hydrogens is 651 g/mol. The first-order chi connectivity index (χ1) is 22.5. The van der Waals surface area contributed by atoms with Crippen LogP contribution < -0.4 is 11.1 Å². The highest BCUT2D eigenvalue weighted by Crippen LogP contribution is 2.36. The molecule has 0 radical (unpaired) electrons. The number of nitrogens with zero attached hydrogens (tertiary/aromatic N) is 1. The van der Waals surface area contributed by atoms with Crippen molar-refractivity contribution in [3.8, 4) is 0 Å². The van der Waals surface area contributed by atoms with Crippen LogP contribution >= 0.6 is 11.6 Å². The summed E-state index contributed by atoms with van der Waals surface area (Å²) in [6, 6.07) is 14.8. The minimum atomic E-state index is -4.04. The van der Waals surface area contributed by atoms with Crippen molar-refractivity contribution in [1.82, 2.24) is 9.62 Å². The van der Waals surface area contributed by atoms with Crippen LogP contribution in [0.5, 0.6) is 0 Å². The predicted molar refractivity (Wildman–Crippen MR) is 176 cm³/mol. The fraction of sp³-hybridized carbons (Fsp3) is 0.457. The number of carbonyl (C=O) groups is 1. The average Bonchev–Trinajstić information content (AvgIpc) is 3.06. The van der Waals surface area contributed by atoms with Crippen molar-refractivity contribution in [2.45, 2.75) is 74.4 Å². The van der Waals surface area contributed by atoms with E-state index in [1.807, 2.05) is 12.1 Å². The molecule has 0 aromatic heterocycles. The molecule has 3 N–H and O–H groups in total. The average molecular weight is 692 g/mol. The molecule has 0 saturated carbocycles. The van der Waals surface area contributed by atoms with Crippen LogP contribution in [-0.2, 0) is 32.4 Å². The molecule has 2 aliphatic heterocycles. The Hall–Kier alpha value is -2.80. The maximum absolute atomic E-state index is 15.4. The molecule has 2 saturated heterocycles. The molecule has 2 fully saturated rings. The highest BCUT2D eigenvalue weighted by molar-refractivity contribution is 7.89. The smallest absolute Gasteiger partial charge is 0.263 e. The Kier molecular flexibility index (Phi) is 11.8. The number of alkyl halides is 2. The van der Waals surface area contributed by atoms with Gasteiger partial charge in [-0.1, -0.05) is 48.0 Å². The first-order valence-electron chi connectivity index (χ1n) is 16.0. The Bertz CT molecular complexity index is 1620. The summed E-state index contributed by atoms with van der Waals surface area (Å²) in [7, 11) is -4.04. The van der Waals surface area contributed by atoms with Crippen molar-refractivity contribution >= 4 is 27.4 Å². The molecule has 3 aromatic carbocycles. The highest BCUT2D eigenvalue weighted by atomic mass is 35.5. The van der Waals surface area contributed by atoms with Gasteiger partial charge in [0.1, 0.15) is 5.82 Å². The molecule has 5 rings (SSSR count). The van der Waals surface area contributed by atoms with Gasteiger partial charge < -0.3 is 15.8 Å². The molecule has 0 spiro atoms. The third-order valence-corrected chi connectivity index (χ3v) is 11.8. The van der Waals surface area contributed by atoms with E-state index in [1.54, 1.807) is 31.2 Å². The maximum Gasteiger partial charge on any atom is 0.263 e. The summed E-state index contributed by atoms with van der Waals surface area (Å²) in [5.74, 6) is -0.816. The summed E-state index contributed by atoms with van der Waals surface area (Å²) in [4.78, 5) is 13.7. The summed E-state index contributed by atoms with van der Waals surface area (Å²) in [5, 5.41) is 3.84. The molecule has 3 aromatic rings. The third kappa shape index (κ3) is 8.26. The lowest BCUT2D eigenvalue weighted by atomic mass is 9.75. The summed E-state index contributed by atoms with van der Waals surface area (Å²) in [6.45, 7) is 3.69. The zero-order valence-electron chi connectivity index (χ0n) is 26.3. The highest BCUT2D eigenvalue weighted by Gasteiger charge is 2.38. The van der Waals surface area contributed by atoms with Crippen LogP contribution in [0.4, 0.5) is 13.2 Å². The molecule has 0 bridgehead atoms. The summed E-state index contributed by atoms with van der Waals surface area (Å²) in [5.41, 5.74) is 8.23. The molecule has 7 nitrogen and oxygen atoms in total. The second-order valence-corrected chi connectivity index (χ2v) is 14.8. The van der Waals surface area contributed by atoms with Gasteiger partial charge in [-0.3, -0.25) is 4.79 Å². The number of ketones is 1. The van der Waals surface area contributed by atoms with Gasteiger partial charge in [-0.2, -0.15) is 4.31 Å². The quantitative estimate of drug-likeness (QED) is 0.240. The Balaban J connectivity index is 1.35. The van der Waals surface area contributed by atoms with Gasteiger partial charge in [-0.05, 0) is 85.5 Å². The van der Waals surface area contributed by atoms with E-state index < -0.39 is 40.4 Å². The standard InChI is InChI=1S/C35H41ClF3N3O4S/c1-22-20-41-21-28(42(22)47(44,45)29-12-7-25(8-13-29)35(38)39)11-14-30-26(3-2-4-31(30)37)19-32(43)34(40)33(24-15-17-46-18-16-24)23-5-9-27(36)10-6-23/h2-10,12-13,22,24,28,33-35,41H,11,14-21,40H2,1H3/t22-,28+,33+,34-/m1/s1. The number of nitrogens with two attached hydrogens (primary N) is 1. The van der Waals surface area contributed by atoms with Gasteiger partial charge in [0, 0.05) is 61.3 Å². The van der Waals surface area contributed by atoms with Crippen molar-refractivity contribution in [1.29, 1.82) is 0 Å². The van der Waals surface area contributed by atoms with Crippen molar-refractivity contribution < 1.29 is 31.1 Å². The lowest BCUT2D eigenvalue weighted by molar-refractivity contribution is -0.120. The van der Waals surface area contributed by atoms with E-state index in [-0.39, 0.29) is 47.3 Å². The predicted octanol–water partition coefficient (Wildman–Crippen LogP) is 6.05. The SMILES string of the molecule is C[C@@H]1CNC[C@H](CCc2c(F)cccc2CC(=O)[C@@H](N)[C@@H](c2ccc(Cl)cc2)C2CCOCC2)N1S(=O)(=O)c1ccc(C(F)F)cc1. The zero-order chi connectivity index (χ0) is 33.7. The van der Waals surface area contributed by atoms with Crippen LogP contribution in [0.25, 0.3) is 0 Å². The van der Waals surface area contributed by atoms with Crippen LogP contribution in [0.2, 0.25) is 5.02 Å². The molecule has 4 atom stereocenters. The van der Waals surface area contributed by atoms with Gasteiger partial charge in [0.2, 0.25) is 10.0 Å². The van der Waals surface area contributed by atoms with Crippen molar-refractivity contribution in [3.63, 3.8) is 0 Å². The van der Waals surface area contributed by atoms with Crippen LogP contribution in [-0.4, -0.2) is 62.9 Å². The third-order valence-electron chi connectivity index (χ3n) is 9.42. The van der Waals surface area contributed by atoms with E-state index in [0.717, 1.165) is 30.5 Å². The van der Waals surface area contributed by atoms with E-state index in [0.29, 0.717) is 42.5 Å². The molecule has 2 aliphatic rings. The van der Waals surface area contributed by atoms with Gasteiger partial charge >= 0.3 is 0 Å². The number of benzene rings is 3. The van der Waals surface area contributed by atoms with E-state index in [2.05, 4.69) is 5.32 Å². The fourth-order valence-corrected chi connectivity index (χ4v) is 8.94. The van der Waals surface area contributed by atoms with Crippen LogP contribution in [0, 0.1) is 11.7 Å². The number of hydrogen-bond donors (Lipinski definition) is 2. The zero-order valence-corrected chi connectivity index (χ0v) is 27.8. The topological polar surface area (TPSA) is 102 Å². The largest absolute Gasteiger partial charge is 0.381 e. The molecule has 0 unspecified atom stereocenters. The van der Waals surface area contributed by atoms with Crippen LogP contribution in [0.3, 0.4) is 0 Å². The molecule has 254 valence electrons. The van der Waals surface area contributed by atoms with E-state index >= 15 is 4.39 Å². The number of rotatable bonds is 12. The van der Waals surface area contributed by atoms with E-state index in [4.69, 9.17) is 22.1 Å². The second kappa shape index (κ2) is 15.6. The van der Waals surface area contributed by atoms with Crippen molar-refractivity contribution in [2.75, 3.05) is 26.3 Å².